The Kier molecular flexibility index (Phi) is 6.24. The number of nitrogens with one attached hydrogen (secondary N) is 3. The molecular weight excluding hydrogens is 325 g/mol. The molecule has 0 bridgehead atoms. The van der Waals surface area contributed by atoms with Crippen molar-refractivity contribution < 1.29 is 22.7 Å². The van der Waals surface area contributed by atoms with Crippen molar-refractivity contribution in [1.82, 2.24) is 15.6 Å². The molecule has 0 aliphatic carbocycles. The van der Waals surface area contributed by atoms with Crippen LogP contribution in [0.5, 0.6) is 0 Å². The van der Waals surface area contributed by atoms with Crippen molar-refractivity contribution in [2.45, 2.75) is 38.1 Å². The number of aromatic nitrogens is 1. The molecule has 134 valence electrons. The SMILES string of the molecule is C[C@H](NC(=O)NCCNc1ccc(C(F)(F)F)cn1)[C@@H]1CCCO1. The number of urea groups is 1. The number of carbonyl (C=O) groups excluding carboxylic acids is 1. The van der Waals surface area contributed by atoms with Crippen LogP contribution in [0, 0.1) is 0 Å². The fraction of sp³-hybridized carbons (Fsp3) is 0.600. The minimum atomic E-state index is -4.40. The third kappa shape index (κ3) is 5.55. The number of nitrogens with zero attached hydrogens (tertiary/aromatic N) is 1. The third-order valence-electron chi connectivity index (χ3n) is 3.69. The molecule has 3 N–H and O–H groups in total. The largest absolute Gasteiger partial charge is 0.417 e. The number of carbonyl (C=O) groups is 1. The lowest BCUT2D eigenvalue weighted by molar-refractivity contribution is -0.137. The maximum Gasteiger partial charge on any atom is 0.417 e. The van der Waals surface area contributed by atoms with Gasteiger partial charge in [0.05, 0.1) is 17.7 Å². The summed E-state index contributed by atoms with van der Waals surface area (Å²) in [5, 5.41) is 8.31. The average Bonchev–Trinajstić information content (AvgIpc) is 3.05. The maximum absolute atomic E-state index is 12.4. The molecule has 2 atom stereocenters. The standard InChI is InChI=1S/C15H21F3N4O2/c1-10(12-3-2-8-24-12)22-14(23)20-7-6-19-13-5-4-11(9-21-13)15(16,17)18/h4-5,9-10,12H,2-3,6-8H2,1H3,(H,19,21)(H2,20,22,23)/t10-,12-/m0/s1. The monoisotopic (exact) mass is 346 g/mol. The minimum absolute atomic E-state index is 0.0465. The first-order valence-electron chi connectivity index (χ1n) is 7.79. The number of amides is 2. The van der Waals surface area contributed by atoms with Crippen LogP contribution in [-0.4, -0.2) is 42.9 Å². The summed E-state index contributed by atoms with van der Waals surface area (Å²) in [4.78, 5) is 15.4. The van der Waals surface area contributed by atoms with Crippen LogP contribution < -0.4 is 16.0 Å². The van der Waals surface area contributed by atoms with Crippen molar-refractivity contribution in [3.05, 3.63) is 23.9 Å². The molecule has 1 aromatic rings. The highest BCUT2D eigenvalue weighted by Gasteiger charge is 2.30. The van der Waals surface area contributed by atoms with Crippen LogP contribution in [0.2, 0.25) is 0 Å². The number of hydrogen-bond donors (Lipinski definition) is 3. The molecule has 1 aliphatic heterocycles. The summed E-state index contributed by atoms with van der Waals surface area (Å²) in [5.74, 6) is 0.318. The van der Waals surface area contributed by atoms with Crippen LogP contribution in [0.3, 0.4) is 0 Å². The summed E-state index contributed by atoms with van der Waals surface area (Å²) >= 11 is 0. The van der Waals surface area contributed by atoms with Gasteiger partial charge in [0, 0.05) is 25.9 Å². The number of pyridine rings is 1. The number of hydrogen-bond acceptors (Lipinski definition) is 4. The number of rotatable bonds is 6. The first-order valence-corrected chi connectivity index (χ1v) is 7.79. The van der Waals surface area contributed by atoms with Crippen LogP contribution in [0.25, 0.3) is 0 Å². The molecule has 2 rings (SSSR count). The van der Waals surface area contributed by atoms with Crippen molar-refractivity contribution >= 4 is 11.8 Å². The van der Waals surface area contributed by atoms with E-state index in [1.165, 1.54) is 6.07 Å². The van der Waals surface area contributed by atoms with Crippen molar-refractivity contribution in [1.29, 1.82) is 0 Å². The summed E-state index contributed by atoms with van der Waals surface area (Å²) in [6.07, 6.45) is -1.65. The van der Waals surface area contributed by atoms with E-state index in [0.29, 0.717) is 18.9 Å². The lowest BCUT2D eigenvalue weighted by Gasteiger charge is -2.20. The fourth-order valence-electron chi connectivity index (χ4n) is 2.38. The topological polar surface area (TPSA) is 75.3 Å². The third-order valence-corrected chi connectivity index (χ3v) is 3.69. The van der Waals surface area contributed by atoms with Gasteiger partial charge in [0.1, 0.15) is 5.82 Å². The number of ether oxygens (including phenoxy) is 1. The molecule has 0 radical (unpaired) electrons. The fourth-order valence-corrected chi connectivity index (χ4v) is 2.38. The van der Waals surface area contributed by atoms with Crippen LogP contribution in [0.4, 0.5) is 23.8 Å². The predicted molar refractivity (Wildman–Crippen MR) is 82.7 cm³/mol. The summed E-state index contributed by atoms with van der Waals surface area (Å²) in [6, 6.07) is 1.83. The molecule has 0 spiro atoms. The van der Waals surface area contributed by atoms with E-state index < -0.39 is 11.7 Å². The van der Waals surface area contributed by atoms with Gasteiger partial charge in [-0.05, 0) is 31.9 Å². The Bertz CT molecular complexity index is 531. The van der Waals surface area contributed by atoms with E-state index >= 15 is 0 Å². The van der Waals surface area contributed by atoms with Crippen molar-refractivity contribution in [2.75, 3.05) is 25.0 Å². The smallest absolute Gasteiger partial charge is 0.376 e. The first-order chi connectivity index (χ1) is 11.4. The second-order valence-electron chi connectivity index (χ2n) is 5.60. The Hall–Kier alpha value is -2.03. The molecule has 9 heteroatoms. The second kappa shape index (κ2) is 8.18. The van der Waals surface area contributed by atoms with Gasteiger partial charge in [0.2, 0.25) is 0 Å². The highest BCUT2D eigenvalue weighted by Crippen LogP contribution is 2.28. The molecule has 6 nitrogen and oxygen atoms in total. The van der Waals surface area contributed by atoms with Crippen LogP contribution >= 0.6 is 0 Å². The Morgan fingerprint density at radius 1 is 1.42 bits per heavy atom. The number of halogens is 3. The molecule has 1 fully saturated rings. The van der Waals surface area contributed by atoms with Gasteiger partial charge in [0.15, 0.2) is 0 Å². The second-order valence-corrected chi connectivity index (χ2v) is 5.60. The normalized spacial score (nSPS) is 18.9. The highest BCUT2D eigenvalue weighted by molar-refractivity contribution is 5.74. The Labute approximate surface area is 138 Å². The Morgan fingerprint density at radius 3 is 2.79 bits per heavy atom. The molecule has 1 saturated heterocycles. The maximum atomic E-state index is 12.4. The Balaban J connectivity index is 1.64. The van der Waals surface area contributed by atoms with E-state index in [1.54, 1.807) is 0 Å². The Morgan fingerprint density at radius 2 is 2.21 bits per heavy atom. The molecule has 0 unspecified atom stereocenters. The number of anilines is 1. The zero-order valence-electron chi connectivity index (χ0n) is 13.3. The van der Waals surface area contributed by atoms with E-state index in [-0.39, 0.29) is 18.2 Å². The van der Waals surface area contributed by atoms with E-state index in [4.69, 9.17) is 4.74 Å². The van der Waals surface area contributed by atoms with Crippen molar-refractivity contribution in [3.63, 3.8) is 0 Å². The van der Waals surface area contributed by atoms with Gasteiger partial charge in [-0.1, -0.05) is 0 Å². The molecule has 2 heterocycles. The molecule has 2 amide bonds. The number of alkyl halides is 3. The highest BCUT2D eigenvalue weighted by atomic mass is 19.4. The predicted octanol–water partition coefficient (Wildman–Crippen LogP) is 2.38. The van der Waals surface area contributed by atoms with Gasteiger partial charge >= 0.3 is 12.2 Å². The summed E-state index contributed by atoms with van der Waals surface area (Å²) in [6.45, 7) is 3.27. The molecular formula is C15H21F3N4O2. The minimum Gasteiger partial charge on any atom is -0.376 e. The van der Waals surface area contributed by atoms with E-state index in [2.05, 4.69) is 20.9 Å². The van der Waals surface area contributed by atoms with Crippen LogP contribution in [0.1, 0.15) is 25.3 Å². The average molecular weight is 346 g/mol. The molecule has 24 heavy (non-hydrogen) atoms. The van der Waals surface area contributed by atoms with Gasteiger partial charge in [-0.2, -0.15) is 13.2 Å². The lowest BCUT2D eigenvalue weighted by atomic mass is 10.1. The lowest BCUT2D eigenvalue weighted by Crippen LogP contribution is -2.46. The van der Waals surface area contributed by atoms with Crippen LogP contribution in [0.15, 0.2) is 18.3 Å². The molecule has 1 aromatic heterocycles. The van der Waals surface area contributed by atoms with Gasteiger partial charge in [-0.15, -0.1) is 0 Å². The van der Waals surface area contributed by atoms with Gasteiger partial charge in [0.25, 0.3) is 0 Å². The van der Waals surface area contributed by atoms with E-state index in [9.17, 15) is 18.0 Å². The molecule has 0 saturated carbocycles. The molecule has 1 aliphatic rings. The summed E-state index contributed by atoms with van der Waals surface area (Å²) in [7, 11) is 0. The zero-order chi connectivity index (χ0) is 17.6. The van der Waals surface area contributed by atoms with Crippen molar-refractivity contribution in [3.8, 4) is 0 Å². The quantitative estimate of drug-likeness (QED) is 0.692. The van der Waals surface area contributed by atoms with Gasteiger partial charge < -0.3 is 20.7 Å². The van der Waals surface area contributed by atoms with E-state index in [0.717, 1.165) is 31.7 Å². The summed E-state index contributed by atoms with van der Waals surface area (Å²) < 4.78 is 42.7. The van der Waals surface area contributed by atoms with Crippen LogP contribution in [-0.2, 0) is 10.9 Å². The van der Waals surface area contributed by atoms with E-state index in [1.807, 2.05) is 6.92 Å². The van der Waals surface area contributed by atoms with Crippen molar-refractivity contribution in [2.24, 2.45) is 0 Å². The first kappa shape index (κ1) is 18.3. The van der Waals surface area contributed by atoms with Gasteiger partial charge in [-0.25, -0.2) is 9.78 Å². The molecule has 0 aromatic carbocycles. The van der Waals surface area contributed by atoms with Gasteiger partial charge in [-0.3, -0.25) is 0 Å². The summed E-state index contributed by atoms with van der Waals surface area (Å²) in [5.41, 5.74) is -0.798. The zero-order valence-corrected chi connectivity index (χ0v) is 13.3.